The second-order valence-corrected chi connectivity index (χ2v) is 14.8. The summed E-state index contributed by atoms with van der Waals surface area (Å²) in [5, 5.41) is 5.15. The van der Waals surface area contributed by atoms with E-state index in [1.807, 2.05) is 24.3 Å². The first-order valence-electron chi connectivity index (χ1n) is 16.1. The number of nitrogens with two attached hydrogens (primary N) is 1. The fourth-order valence-corrected chi connectivity index (χ4v) is 9.01. The van der Waals surface area contributed by atoms with Crippen LogP contribution in [0.3, 0.4) is 0 Å². The molecule has 8 nitrogen and oxygen atoms in total. The van der Waals surface area contributed by atoms with Crippen molar-refractivity contribution in [2.45, 2.75) is 80.3 Å². The number of primary sulfonamides is 1. The zero-order chi connectivity index (χ0) is 32.2. The van der Waals surface area contributed by atoms with Crippen LogP contribution >= 0.6 is 0 Å². The number of carbonyl (C=O) groups excluding carboxylic acids is 1. The molecule has 3 aromatic carbocycles. The quantitative estimate of drug-likeness (QED) is 0.277. The Labute approximate surface area is 268 Å². The van der Waals surface area contributed by atoms with Crippen LogP contribution in [0.2, 0.25) is 0 Å². The van der Waals surface area contributed by atoms with Crippen molar-refractivity contribution in [3.63, 3.8) is 0 Å². The number of nitrogens with zero attached hydrogens (tertiary/aromatic N) is 4. The topological polar surface area (TPSA) is 102 Å². The van der Waals surface area contributed by atoms with Crippen LogP contribution in [0.4, 0.5) is 8.78 Å². The van der Waals surface area contributed by atoms with Crippen LogP contribution in [0.1, 0.15) is 72.7 Å². The Morgan fingerprint density at radius 3 is 2.28 bits per heavy atom. The lowest BCUT2D eigenvalue weighted by Crippen LogP contribution is -2.49. The van der Waals surface area contributed by atoms with Gasteiger partial charge in [0.25, 0.3) is 5.91 Å². The molecular weight excluding hydrogens is 608 g/mol. The lowest BCUT2D eigenvalue weighted by atomic mass is 9.70. The molecule has 0 spiro atoms. The number of piperidine rings is 2. The molecule has 1 amide bonds. The number of benzene rings is 3. The van der Waals surface area contributed by atoms with Crippen LogP contribution in [-0.2, 0) is 15.4 Å². The minimum Gasteiger partial charge on any atom is -0.338 e. The third-order valence-corrected chi connectivity index (χ3v) is 11.7. The van der Waals surface area contributed by atoms with Crippen molar-refractivity contribution in [1.82, 2.24) is 19.4 Å². The first-order chi connectivity index (χ1) is 22.0. The standard InChI is InChI=1S/C35H39F2N5O3S/c1-23-39-31-9-5-6-10-32(31)42(23)27-19-25-11-12-26(20-27)41(25)18-15-35(24-7-3-2-4-8-24)13-16-40(17-14-35)34(43)29-21-28(46(38,44)45)22-30(36)33(29)37/h2-10,21-22,25-27H,11-20H2,1H3,(H2,38,44,45)/t25-,26+,27+. The average molecular weight is 648 g/mol. The molecule has 11 heteroatoms. The summed E-state index contributed by atoms with van der Waals surface area (Å²) in [5.74, 6) is -2.44. The fraction of sp³-hybridized carbons (Fsp3) is 0.429. The predicted octanol–water partition coefficient (Wildman–Crippen LogP) is 5.70. The Morgan fingerprint density at radius 2 is 1.61 bits per heavy atom. The number of para-hydroxylation sites is 2. The van der Waals surface area contributed by atoms with Gasteiger partial charge in [0, 0.05) is 31.2 Å². The molecule has 242 valence electrons. The fourth-order valence-electron chi connectivity index (χ4n) is 8.46. The van der Waals surface area contributed by atoms with Gasteiger partial charge < -0.3 is 9.47 Å². The van der Waals surface area contributed by atoms with Gasteiger partial charge in [0.15, 0.2) is 11.6 Å². The number of imidazole rings is 1. The largest absolute Gasteiger partial charge is 0.338 e. The Hall–Kier alpha value is -3.67. The highest BCUT2D eigenvalue weighted by Gasteiger charge is 2.44. The normalized spacial score (nSPS) is 23.2. The highest BCUT2D eigenvalue weighted by molar-refractivity contribution is 7.89. The number of sulfonamides is 1. The number of halogens is 2. The van der Waals surface area contributed by atoms with E-state index in [0.717, 1.165) is 43.2 Å². The SMILES string of the molecule is Cc1nc2ccccc2n1[C@H]1C[C@H]2CC[C@@H](C1)N2CCC1(c2ccccc2)CCN(C(=O)c2cc(S(N)(=O)=O)cc(F)c2F)CC1. The van der Waals surface area contributed by atoms with Crippen molar-refractivity contribution in [3.05, 3.63) is 95.3 Å². The molecule has 3 atom stereocenters. The molecule has 4 heterocycles. The molecule has 3 aliphatic rings. The van der Waals surface area contributed by atoms with E-state index in [1.165, 1.54) is 28.8 Å². The molecule has 3 aliphatic heterocycles. The minimum atomic E-state index is -4.32. The summed E-state index contributed by atoms with van der Waals surface area (Å²) in [6.07, 6.45) is 6.81. The van der Waals surface area contributed by atoms with Crippen molar-refractivity contribution >= 4 is 27.0 Å². The molecule has 4 aromatic rings. The van der Waals surface area contributed by atoms with Crippen molar-refractivity contribution in [2.24, 2.45) is 5.14 Å². The summed E-state index contributed by atoms with van der Waals surface area (Å²) in [6.45, 7) is 3.74. The van der Waals surface area contributed by atoms with E-state index in [0.29, 0.717) is 50.1 Å². The second-order valence-electron chi connectivity index (χ2n) is 13.3. The summed E-state index contributed by atoms with van der Waals surface area (Å²) in [7, 11) is -4.32. The molecule has 3 fully saturated rings. The van der Waals surface area contributed by atoms with Gasteiger partial charge in [-0.2, -0.15) is 0 Å². The molecule has 0 aliphatic carbocycles. The van der Waals surface area contributed by atoms with Crippen LogP contribution in [0, 0.1) is 18.6 Å². The van der Waals surface area contributed by atoms with Crippen molar-refractivity contribution in [1.29, 1.82) is 0 Å². The van der Waals surface area contributed by atoms with Crippen molar-refractivity contribution in [2.75, 3.05) is 19.6 Å². The molecule has 3 saturated heterocycles. The number of aromatic nitrogens is 2. The number of hydrogen-bond acceptors (Lipinski definition) is 5. The molecule has 46 heavy (non-hydrogen) atoms. The number of aryl methyl sites for hydroxylation is 1. The maximum Gasteiger partial charge on any atom is 0.256 e. The summed E-state index contributed by atoms with van der Waals surface area (Å²) in [4.78, 5) is 21.8. The Kier molecular flexibility index (Phi) is 7.97. The van der Waals surface area contributed by atoms with Gasteiger partial charge in [0.05, 0.1) is 21.5 Å². The maximum atomic E-state index is 14.7. The van der Waals surface area contributed by atoms with Crippen LogP contribution < -0.4 is 5.14 Å². The Bertz CT molecular complexity index is 1870. The third kappa shape index (κ3) is 5.52. The Balaban J connectivity index is 1.08. The molecule has 0 unspecified atom stereocenters. The molecular formula is C35H39F2N5O3S. The minimum absolute atomic E-state index is 0.183. The lowest BCUT2D eigenvalue weighted by Gasteiger charge is -2.45. The van der Waals surface area contributed by atoms with Gasteiger partial charge in [-0.05, 0) is 93.7 Å². The highest BCUT2D eigenvalue weighted by atomic mass is 32.2. The van der Waals surface area contributed by atoms with Crippen LogP contribution in [0.5, 0.6) is 0 Å². The van der Waals surface area contributed by atoms with Gasteiger partial charge in [-0.15, -0.1) is 0 Å². The molecule has 2 N–H and O–H groups in total. The van der Waals surface area contributed by atoms with E-state index in [4.69, 9.17) is 10.1 Å². The van der Waals surface area contributed by atoms with Gasteiger partial charge in [-0.3, -0.25) is 9.69 Å². The Morgan fingerprint density at radius 1 is 0.957 bits per heavy atom. The second kappa shape index (κ2) is 11.8. The first kappa shape index (κ1) is 31.0. The van der Waals surface area contributed by atoms with Gasteiger partial charge in [-0.1, -0.05) is 42.5 Å². The van der Waals surface area contributed by atoms with Crippen LogP contribution in [0.25, 0.3) is 11.0 Å². The number of fused-ring (bicyclic) bond motifs is 3. The monoisotopic (exact) mass is 647 g/mol. The molecule has 0 radical (unpaired) electrons. The van der Waals surface area contributed by atoms with Crippen molar-refractivity contribution < 1.29 is 22.0 Å². The maximum absolute atomic E-state index is 14.7. The average Bonchev–Trinajstić information content (AvgIpc) is 3.51. The van der Waals surface area contributed by atoms with Crippen LogP contribution in [-0.4, -0.2) is 65.4 Å². The predicted molar refractivity (Wildman–Crippen MR) is 172 cm³/mol. The van der Waals surface area contributed by atoms with E-state index in [9.17, 15) is 22.0 Å². The van der Waals surface area contributed by atoms with E-state index < -0.39 is 38.0 Å². The van der Waals surface area contributed by atoms with E-state index >= 15 is 0 Å². The van der Waals surface area contributed by atoms with Gasteiger partial charge >= 0.3 is 0 Å². The number of amides is 1. The van der Waals surface area contributed by atoms with Gasteiger partial charge in [0.1, 0.15) is 5.82 Å². The summed E-state index contributed by atoms with van der Waals surface area (Å²) in [5.41, 5.74) is 2.68. The summed E-state index contributed by atoms with van der Waals surface area (Å²) in [6, 6.07) is 21.5. The number of rotatable bonds is 7. The first-order valence-corrected chi connectivity index (χ1v) is 17.6. The van der Waals surface area contributed by atoms with Crippen LogP contribution in [0.15, 0.2) is 71.6 Å². The molecule has 2 bridgehead atoms. The number of likely N-dealkylation sites (tertiary alicyclic amines) is 1. The van der Waals surface area contributed by atoms with Gasteiger partial charge in [0.2, 0.25) is 10.0 Å². The number of carbonyl (C=O) groups is 1. The third-order valence-electron chi connectivity index (χ3n) is 10.8. The van der Waals surface area contributed by atoms with E-state index in [2.05, 4.69) is 46.7 Å². The molecule has 0 saturated carbocycles. The highest BCUT2D eigenvalue weighted by Crippen LogP contribution is 2.45. The van der Waals surface area contributed by atoms with E-state index in [-0.39, 0.29) is 5.41 Å². The van der Waals surface area contributed by atoms with E-state index in [1.54, 1.807) is 0 Å². The smallest absolute Gasteiger partial charge is 0.256 e. The number of hydrogen-bond donors (Lipinski definition) is 1. The molecule has 1 aromatic heterocycles. The lowest BCUT2D eigenvalue weighted by molar-refractivity contribution is 0.0602. The summed E-state index contributed by atoms with van der Waals surface area (Å²) >= 11 is 0. The zero-order valence-electron chi connectivity index (χ0n) is 25.9. The zero-order valence-corrected chi connectivity index (χ0v) is 26.7. The summed E-state index contributed by atoms with van der Waals surface area (Å²) < 4.78 is 55.2. The van der Waals surface area contributed by atoms with Gasteiger partial charge in [-0.25, -0.2) is 27.3 Å². The van der Waals surface area contributed by atoms with Crippen molar-refractivity contribution in [3.8, 4) is 0 Å². The molecule has 7 rings (SSSR count).